The summed E-state index contributed by atoms with van der Waals surface area (Å²) in [4.78, 5) is 34.6. The minimum absolute atomic E-state index is 0.357. The van der Waals surface area contributed by atoms with E-state index < -0.39 is 0 Å². The lowest BCUT2D eigenvalue weighted by Crippen LogP contribution is -2.13. The van der Waals surface area contributed by atoms with E-state index in [1.165, 1.54) is 40.8 Å². The van der Waals surface area contributed by atoms with E-state index >= 15 is 0 Å². The van der Waals surface area contributed by atoms with Gasteiger partial charge in [-0.15, -0.1) is 0 Å². The van der Waals surface area contributed by atoms with Crippen molar-refractivity contribution >= 4 is 23.2 Å². The number of anilines is 2. The second kappa shape index (κ2) is 11.7. The molecule has 2 amide bonds. The van der Waals surface area contributed by atoms with E-state index in [1.807, 2.05) is 0 Å². The quantitative estimate of drug-likeness (QED) is 0.330. The molecule has 0 saturated heterocycles. The summed E-state index contributed by atoms with van der Waals surface area (Å²) < 4.78 is 21.0. The lowest BCUT2D eigenvalue weighted by molar-refractivity contribution is 0.101. The van der Waals surface area contributed by atoms with Gasteiger partial charge in [0.1, 0.15) is 23.0 Å². The third kappa shape index (κ3) is 6.16. The lowest BCUT2D eigenvalue weighted by Gasteiger charge is -2.11. The van der Waals surface area contributed by atoms with Crippen LogP contribution in [0, 0.1) is 0 Å². The lowest BCUT2D eigenvalue weighted by atomic mass is 10.1. The molecule has 0 unspecified atom stereocenters. The molecule has 0 saturated carbocycles. The zero-order chi connectivity index (χ0) is 27.1. The standard InChI is InChI=1S/C28H26N4O6/c1-35-21-11-19(12-22(15-21)36-2)31-27(33)17-5-7-29-25(9-17)26-10-18(6-8-30-26)28(34)32-20-13-23(37-3)16-24(14-20)38-4/h5-16H,1-4H3,(H,31,33)(H,32,34). The summed E-state index contributed by atoms with van der Waals surface area (Å²) in [6, 6.07) is 16.5. The third-order valence-corrected chi connectivity index (χ3v) is 5.53. The molecule has 0 spiro atoms. The van der Waals surface area contributed by atoms with Gasteiger partial charge in [-0.3, -0.25) is 19.6 Å². The fourth-order valence-corrected chi connectivity index (χ4v) is 3.59. The van der Waals surface area contributed by atoms with Gasteiger partial charge in [-0.05, 0) is 24.3 Å². The SMILES string of the molecule is COc1cc(NC(=O)c2ccnc(-c3cc(C(=O)Nc4cc(OC)cc(OC)c4)ccn3)c2)cc(OC)c1. The number of pyridine rings is 2. The van der Waals surface area contributed by atoms with Crippen LogP contribution in [0.3, 0.4) is 0 Å². The Kier molecular flexibility index (Phi) is 8.02. The number of benzene rings is 2. The summed E-state index contributed by atoms with van der Waals surface area (Å²) in [5.41, 5.74) is 2.59. The molecule has 2 aromatic carbocycles. The summed E-state index contributed by atoms with van der Waals surface area (Å²) in [6.45, 7) is 0. The van der Waals surface area contributed by atoms with Gasteiger partial charge in [0.05, 0.1) is 39.8 Å². The van der Waals surface area contributed by atoms with Crippen LogP contribution in [0.25, 0.3) is 11.4 Å². The summed E-state index contributed by atoms with van der Waals surface area (Å²) >= 11 is 0. The number of rotatable bonds is 9. The van der Waals surface area contributed by atoms with Crippen LogP contribution in [0.15, 0.2) is 73.1 Å². The smallest absolute Gasteiger partial charge is 0.255 e. The predicted octanol–water partition coefficient (Wildman–Crippen LogP) is 4.68. The average molecular weight is 515 g/mol. The van der Waals surface area contributed by atoms with Gasteiger partial charge in [0.25, 0.3) is 11.8 Å². The minimum atomic E-state index is -0.357. The van der Waals surface area contributed by atoms with Crippen LogP contribution in [0.1, 0.15) is 20.7 Å². The van der Waals surface area contributed by atoms with Crippen molar-refractivity contribution in [3.05, 3.63) is 84.2 Å². The van der Waals surface area contributed by atoms with Gasteiger partial charge in [-0.25, -0.2) is 0 Å². The van der Waals surface area contributed by atoms with Crippen molar-refractivity contribution in [1.82, 2.24) is 9.97 Å². The number of hydrogen-bond acceptors (Lipinski definition) is 8. The average Bonchev–Trinajstić information content (AvgIpc) is 2.96. The fourth-order valence-electron chi connectivity index (χ4n) is 3.59. The van der Waals surface area contributed by atoms with Gasteiger partial charge < -0.3 is 29.6 Å². The Bertz CT molecular complexity index is 1320. The molecule has 2 aromatic heterocycles. The van der Waals surface area contributed by atoms with Crippen LogP contribution in [-0.4, -0.2) is 50.2 Å². The number of ether oxygens (including phenoxy) is 4. The van der Waals surface area contributed by atoms with Crippen LogP contribution in [0.2, 0.25) is 0 Å². The number of aromatic nitrogens is 2. The Balaban J connectivity index is 1.54. The Morgan fingerprint density at radius 1 is 0.553 bits per heavy atom. The monoisotopic (exact) mass is 514 g/mol. The summed E-state index contributed by atoms with van der Waals surface area (Å²) in [5, 5.41) is 5.66. The highest BCUT2D eigenvalue weighted by atomic mass is 16.5. The first kappa shape index (κ1) is 26.0. The van der Waals surface area contributed by atoms with Gasteiger partial charge >= 0.3 is 0 Å². The van der Waals surface area contributed by atoms with Crippen LogP contribution in [-0.2, 0) is 0 Å². The Morgan fingerprint density at radius 3 is 1.21 bits per heavy atom. The molecular formula is C28H26N4O6. The number of nitrogens with zero attached hydrogens (tertiary/aromatic N) is 2. The molecule has 10 heteroatoms. The summed E-state index contributed by atoms with van der Waals surface area (Å²) in [5.74, 6) is 1.46. The number of amides is 2. The van der Waals surface area contributed by atoms with Crippen molar-refractivity contribution in [2.24, 2.45) is 0 Å². The van der Waals surface area contributed by atoms with E-state index in [-0.39, 0.29) is 11.8 Å². The van der Waals surface area contributed by atoms with Gasteiger partial charge in [-0.1, -0.05) is 0 Å². The van der Waals surface area contributed by atoms with Gasteiger partial charge in [-0.2, -0.15) is 0 Å². The van der Waals surface area contributed by atoms with Gasteiger partial charge in [0.2, 0.25) is 0 Å². The first-order valence-electron chi connectivity index (χ1n) is 11.4. The molecule has 4 aromatic rings. The second-order valence-corrected chi connectivity index (χ2v) is 7.97. The number of nitrogens with one attached hydrogen (secondary N) is 2. The van der Waals surface area contributed by atoms with Crippen LogP contribution >= 0.6 is 0 Å². The second-order valence-electron chi connectivity index (χ2n) is 7.97. The molecule has 0 radical (unpaired) electrons. The van der Waals surface area contributed by atoms with Crippen molar-refractivity contribution in [3.63, 3.8) is 0 Å². The number of carbonyl (C=O) groups is 2. The van der Waals surface area contributed by atoms with E-state index in [1.54, 1.807) is 60.7 Å². The minimum Gasteiger partial charge on any atom is -0.497 e. The molecule has 0 fully saturated rings. The molecule has 4 rings (SSSR count). The van der Waals surface area contributed by atoms with Crippen molar-refractivity contribution < 1.29 is 28.5 Å². The number of hydrogen-bond donors (Lipinski definition) is 2. The Morgan fingerprint density at radius 2 is 0.895 bits per heavy atom. The summed E-state index contributed by atoms with van der Waals surface area (Å²) in [7, 11) is 6.13. The molecule has 2 heterocycles. The van der Waals surface area contributed by atoms with Crippen LogP contribution in [0.5, 0.6) is 23.0 Å². The Labute approximate surface area is 219 Å². The molecule has 0 atom stereocenters. The van der Waals surface area contributed by atoms with E-state index in [0.29, 0.717) is 56.9 Å². The van der Waals surface area contributed by atoms with Crippen LogP contribution < -0.4 is 29.6 Å². The molecule has 0 aliphatic heterocycles. The zero-order valence-corrected chi connectivity index (χ0v) is 21.3. The zero-order valence-electron chi connectivity index (χ0n) is 21.3. The maximum atomic E-state index is 13.0. The highest BCUT2D eigenvalue weighted by Crippen LogP contribution is 2.28. The number of methoxy groups -OCH3 is 4. The largest absolute Gasteiger partial charge is 0.497 e. The number of carbonyl (C=O) groups excluding carboxylic acids is 2. The van der Waals surface area contributed by atoms with Crippen molar-refractivity contribution in [3.8, 4) is 34.4 Å². The maximum Gasteiger partial charge on any atom is 0.255 e. The first-order valence-corrected chi connectivity index (χ1v) is 11.4. The molecular weight excluding hydrogens is 488 g/mol. The molecule has 0 aliphatic carbocycles. The maximum absolute atomic E-state index is 13.0. The van der Waals surface area contributed by atoms with Crippen molar-refractivity contribution in [1.29, 1.82) is 0 Å². The van der Waals surface area contributed by atoms with Crippen molar-refractivity contribution in [2.45, 2.75) is 0 Å². The molecule has 194 valence electrons. The predicted molar refractivity (Wildman–Crippen MR) is 142 cm³/mol. The molecule has 10 nitrogen and oxygen atoms in total. The van der Waals surface area contributed by atoms with Crippen molar-refractivity contribution in [2.75, 3.05) is 39.1 Å². The highest BCUT2D eigenvalue weighted by Gasteiger charge is 2.14. The molecule has 2 N–H and O–H groups in total. The summed E-state index contributed by atoms with van der Waals surface area (Å²) in [6.07, 6.45) is 3.01. The normalized spacial score (nSPS) is 10.3. The fraction of sp³-hybridized carbons (Fsp3) is 0.143. The topological polar surface area (TPSA) is 121 Å². The van der Waals surface area contributed by atoms with E-state index in [9.17, 15) is 9.59 Å². The van der Waals surface area contributed by atoms with Gasteiger partial charge in [0.15, 0.2) is 0 Å². The van der Waals surface area contributed by atoms with Gasteiger partial charge in [0, 0.05) is 71.3 Å². The molecule has 0 aliphatic rings. The molecule has 0 bridgehead atoms. The molecule has 38 heavy (non-hydrogen) atoms. The Hall–Kier alpha value is -5.12. The van der Waals surface area contributed by atoms with E-state index in [4.69, 9.17) is 18.9 Å². The first-order chi connectivity index (χ1) is 18.4. The van der Waals surface area contributed by atoms with Crippen LogP contribution in [0.4, 0.5) is 11.4 Å². The van der Waals surface area contributed by atoms with E-state index in [0.717, 1.165) is 0 Å². The van der Waals surface area contributed by atoms with E-state index in [2.05, 4.69) is 20.6 Å². The third-order valence-electron chi connectivity index (χ3n) is 5.53. The highest BCUT2D eigenvalue weighted by molar-refractivity contribution is 6.06.